The lowest BCUT2D eigenvalue weighted by Crippen LogP contribution is -2.12. The van der Waals surface area contributed by atoms with Gasteiger partial charge in [-0.2, -0.15) is 8.78 Å². The molecule has 0 saturated carbocycles. The van der Waals surface area contributed by atoms with Gasteiger partial charge in [0.05, 0.1) is 6.61 Å². The fraction of sp³-hybridized carbons (Fsp3) is 0.364. The van der Waals surface area contributed by atoms with Crippen molar-refractivity contribution in [3.05, 3.63) is 29.3 Å². The number of ether oxygens (including phenoxy) is 1. The highest BCUT2D eigenvalue weighted by Gasteiger charge is 2.20. The second-order valence-corrected chi connectivity index (χ2v) is 3.69. The van der Waals surface area contributed by atoms with E-state index >= 15 is 0 Å². The van der Waals surface area contributed by atoms with Crippen LogP contribution in [0, 0.1) is 23.3 Å². The van der Waals surface area contributed by atoms with Crippen LogP contribution in [0.1, 0.15) is 19.3 Å². The van der Waals surface area contributed by atoms with E-state index in [-0.39, 0.29) is 24.9 Å². The lowest BCUT2D eigenvalue weighted by molar-refractivity contribution is 0.265. The van der Waals surface area contributed by atoms with Crippen LogP contribution in [0.5, 0.6) is 5.75 Å². The molecule has 106 valence electrons. The standard InChI is InChI=1S/C11H12F4N2O2/c12-6-5-7(13)10(15)11(9(6)14)19-4-2-1-3-8(16)17-18/h5,18H,1-4H2,(H2,16,17). The van der Waals surface area contributed by atoms with Crippen molar-refractivity contribution in [3.8, 4) is 5.75 Å². The van der Waals surface area contributed by atoms with Gasteiger partial charge in [0.1, 0.15) is 5.84 Å². The van der Waals surface area contributed by atoms with Crippen molar-refractivity contribution in [2.75, 3.05) is 6.61 Å². The van der Waals surface area contributed by atoms with Gasteiger partial charge in [0, 0.05) is 12.5 Å². The normalized spacial score (nSPS) is 11.7. The minimum atomic E-state index is -1.57. The molecule has 4 nitrogen and oxygen atoms in total. The summed E-state index contributed by atoms with van der Waals surface area (Å²) < 4.78 is 56.6. The molecule has 0 bridgehead atoms. The van der Waals surface area contributed by atoms with Gasteiger partial charge in [0.15, 0.2) is 17.4 Å². The molecular weight excluding hydrogens is 268 g/mol. The van der Waals surface area contributed by atoms with Gasteiger partial charge in [-0.05, 0) is 12.8 Å². The number of hydrogen-bond acceptors (Lipinski definition) is 3. The Bertz CT molecular complexity index is 454. The first-order valence-corrected chi connectivity index (χ1v) is 5.39. The molecule has 0 radical (unpaired) electrons. The smallest absolute Gasteiger partial charge is 0.203 e. The molecule has 0 aromatic heterocycles. The maximum Gasteiger partial charge on any atom is 0.203 e. The summed E-state index contributed by atoms with van der Waals surface area (Å²) in [5.41, 5.74) is 5.19. The predicted octanol–water partition coefficient (Wildman–Crippen LogP) is 2.54. The fourth-order valence-corrected chi connectivity index (χ4v) is 1.31. The fourth-order valence-electron chi connectivity index (χ4n) is 1.31. The number of hydrogen-bond donors (Lipinski definition) is 2. The van der Waals surface area contributed by atoms with E-state index < -0.39 is 29.0 Å². The van der Waals surface area contributed by atoms with Crippen molar-refractivity contribution in [2.24, 2.45) is 10.9 Å². The lowest BCUT2D eigenvalue weighted by Gasteiger charge is -2.09. The first-order valence-electron chi connectivity index (χ1n) is 5.39. The number of rotatable bonds is 6. The topological polar surface area (TPSA) is 67.8 Å². The minimum Gasteiger partial charge on any atom is -0.487 e. The Morgan fingerprint density at radius 1 is 1.16 bits per heavy atom. The summed E-state index contributed by atoms with van der Waals surface area (Å²) in [4.78, 5) is 0. The molecule has 1 aromatic rings. The molecule has 0 spiro atoms. The Morgan fingerprint density at radius 2 is 1.74 bits per heavy atom. The van der Waals surface area contributed by atoms with E-state index in [2.05, 4.69) is 9.89 Å². The van der Waals surface area contributed by atoms with E-state index in [0.717, 1.165) is 0 Å². The van der Waals surface area contributed by atoms with E-state index in [9.17, 15) is 17.6 Å². The molecule has 0 unspecified atom stereocenters. The molecule has 0 amide bonds. The quantitative estimate of drug-likeness (QED) is 0.160. The summed E-state index contributed by atoms with van der Waals surface area (Å²) in [7, 11) is 0. The van der Waals surface area contributed by atoms with E-state index in [1.165, 1.54) is 0 Å². The number of benzene rings is 1. The van der Waals surface area contributed by atoms with Gasteiger partial charge in [-0.15, -0.1) is 0 Å². The monoisotopic (exact) mass is 280 g/mol. The lowest BCUT2D eigenvalue weighted by atomic mass is 10.2. The molecule has 3 N–H and O–H groups in total. The van der Waals surface area contributed by atoms with Crippen molar-refractivity contribution in [3.63, 3.8) is 0 Å². The van der Waals surface area contributed by atoms with Gasteiger partial charge in [-0.25, -0.2) is 8.78 Å². The second-order valence-electron chi connectivity index (χ2n) is 3.69. The van der Waals surface area contributed by atoms with Crippen molar-refractivity contribution >= 4 is 5.84 Å². The average Bonchev–Trinajstić information content (AvgIpc) is 2.39. The maximum absolute atomic E-state index is 13.2. The highest BCUT2D eigenvalue weighted by molar-refractivity contribution is 5.79. The zero-order valence-corrected chi connectivity index (χ0v) is 9.80. The van der Waals surface area contributed by atoms with Gasteiger partial charge in [-0.1, -0.05) is 5.16 Å². The summed E-state index contributed by atoms with van der Waals surface area (Å²) in [6, 6.07) is 0.107. The Balaban J connectivity index is 2.54. The molecule has 1 aromatic carbocycles. The first kappa shape index (κ1) is 15.1. The molecule has 0 saturated heterocycles. The van der Waals surface area contributed by atoms with E-state index in [4.69, 9.17) is 10.9 Å². The Labute approximate surface area is 106 Å². The maximum atomic E-state index is 13.2. The highest BCUT2D eigenvalue weighted by atomic mass is 19.2. The largest absolute Gasteiger partial charge is 0.487 e. The summed E-state index contributed by atoms with van der Waals surface area (Å²) in [5, 5.41) is 11.0. The number of oxime groups is 1. The third-order valence-corrected chi connectivity index (χ3v) is 2.27. The Kier molecular flexibility index (Phi) is 5.40. The van der Waals surface area contributed by atoms with Crippen molar-refractivity contribution in [1.82, 2.24) is 0 Å². The van der Waals surface area contributed by atoms with E-state index in [0.29, 0.717) is 12.8 Å². The van der Waals surface area contributed by atoms with Crippen LogP contribution in [0.15, 0.2) is 11.2 Å². The van der Waals surface area contributed by atoms with Crippen LogP contribution >= 0.6 is 0 Å². The number of nitrogens with zero attached hydrogens (tertiary/aromatic N) is 1. The van der Waals surface area contributed by atoms with E-state index in [1.807, 2.05) is 0 Å². The van der Waals surface area contributed by atoms with Crippen LogP contribution in [0.4, 0.5) is 17.6 Å². The zero-order chi connectivity index (χ0) is 14.4. The molecule has 0 aliphatic carbocycles. The molecule has 1 rings (SSSR count). The summed E-state index contributed by atoms with van der Waals surface area (Å²) in [5.74, 6) is -7.27. The van der Waals surface area contributed by atoms with Crippen LogP contribution < -0.4 is 10.5 Å². The highest BCUT2D eigenvalue weighted by Crippen LogP contribution is 2.26. The third-order valence-electron chi connectivity index (χ3n) is 2.27. The third kappa shape index (κ3) is 4.01. The first-order chi connectivity index (χ1) is 8.97. The molecule has 0 aliphatic heterocycles. The minimum absolute atomic E-state index is 0.00848. The Hall–Kier alpha value is -1.99. The van der Waals surface area contributed by atoms with Gasteiger partial charge >= 0.3 is 0 Å². The molecule has 0 aliphatic rings. The molecule has 8 heteroatoms. The van der Waals surface area contributed by atoms with E-state index in [1.54, 1.807) is 0 Å². The number of unbranched alkanes of at least 4 members (excludes halogenated alkanes) is 1. The van der Waals surface area contributed by atoms with Crippen LogP contribution in [-0.4, -0.2) is 17.6 Å². The van der Waals surface area contributed by atoms with Crippen LogP contribution in [0.2, 0.25) is 0 Å². The number of halogens is 4. The van der Waals surface area contributed by atoms with Gasteiger partial charge in [-0.3, -0.25) is 0 Å². The molecule has 19 heavy (non-hydrogen) atoms. The predicted molar refractivity (Wildman–Crippen MR) is 59.0 cm³/mol. The molecule has 0 fully saturated rings. The van der Waals surface area contributed by atoms with Crippen LogP contribution in [-0.2, 0) is 0 Å². The molecule has 0 atom stereocenters. The van der Waals surface area contributed by atoms with Crippen molar-refractivity contribution < 1.29 is 27.5 Å². The van der Waals surface area contributed by atoms with Crippen LogP contribution in [0.3, 0.4) is 0 Å². The summed E-state index contributed by atoms with van der Waals surface area (Å²) >= 11 is 0. The van der Waals surface area contributed by atoms with Gasteiger partial charge in [0.25, 0.3) is 0 Å². The molecular formula is C11H12F4N2O2. The van der Waals surface area contributed by atoms with Gasteiger partial charge in [0.2, 0.25) is 11.6 Å². The van der Waals surface area contributed by atoms with Crippen LogP contribution in [0.25, 0.3) is 0 Å². The Morgan fingerprint density at radius 3 is 2.26 bits per heavy atom. The average molecular weight is 280 g/mol. The summed E-state index contributed by atoms with van der Waals surface area (Å²) in [6.07, 6.45) is 1.01. The summed E-state index contributed by atoms with van der Waals surface area (Å²) in [6.45, 7) is -0.157. The SMILES string of the molecule is N/C(CCCCOc1c(F)c(F)cc(F)c1F)=N/O. The van der Waals surface area contributed by atoms with Crippen molar-refractivity contribution in [2.45, 2.75) is 19.3 Å². The molecule has 0 heterocycles. The second kappa shape index (κ2) is 6.81. The van der Waals surface area contributed by atoms with Crippen molar-refractivity contribution in [1.29, 1.82) is 0 Å². The number of amidine groups is 1. The zero-order valence-electron chi connectivity index (χ0n) is 9.80. The van der Waals surface area contributed by atoms with Gasteiger partial charge < -0.3 is 15.7 Å². The number of nitrogens with two attached hydrogens (primary N) is 1.